The van der Waals surface area contributed by atoms with Gasteiger partial charge in [0.05, 0.1) is 11.8 Å². The van der Waals surface area contributed by atoms with Gasteiger partial charge in [-0.15, -0.1) is 0 Å². The number of phenolic OH excluding ortho intramolecular Hbond substituents is 2. The zero-order valence-corrected chi connectivity index (χ0v) is 13.0. The van der Waals surface area contributed by atoms with Crippen LogP contribution in [0.2, 0.25) is 0 Å². The minimum absolute atomic E-state index is 0.0761. The molecule has 0 aromatic heterocycles. The van der Waals surface area contributed by atoms with Crippen molar-refractivity contribution >= 4 is 22.9 Å². The number of nitrogens with zero attached hydrogens (tertiary/aromatic N) is 1. The van der Waals surface area contributed by atoms with Gasteiger partial charge in [0, 0.05) is 5.56 Å². The van der Waals surface area contributed by atoms with E-state index in [4.69, 9.17) is 0 Å². The van der Waals surface area contributed by atoms with Crippen LogP contribution in [0, 0.1) is 6.92 Å². The fourth-order valence-electron chi connectivity index (χ4n) is 2.41. The Balaban J connectivity index is 1.81. The number of carbonyl (C=O) groups excluding carboxylic acids is 1. The summed E-state index contributed by atoms with van der Waals surface area (Å²) in [6.07, 6.45) is 1.36. The average Bonchev–Trinajstić information content (AvgIpc) is 2.57. The molecular formula is C19H16N2O3. The van der Waals surface area contributed by atoms with Crippen LogP contribution >= 0.6 is 0 Å². The number of hydrazone groups is 1. The Labute approximate surface area is 138 Å². The van der Waals surface area contributed by atoms with Crippen LogP contribution in [0.3, 0.4) is 0 Å². The zero-order chi connectivity index (χ0) is 17.1. The molecule has 3 aromatic carbocycles. The number of carbonyl (C=O) groups is 1. The first kappa shape index (κ1) is 15.6. The standard InChI is InChI=1S/C19H16N2O3/c1-12-6-7-17(22)15(8-12)11-20-21-19(24)16-9-13-4-2-3-5-14(13)10-18(16)23/h2-11,22-23H,1H3,(H,21,24)/b20-11+. The van der Waals surface area contributed by atoms with Gasteiger partial charge >= 0.3 is 0 Å². The van der Waals surface area contributed by atoms with E-state index in [1.165, 1.54) is 6.21 Å². The number of aryl methyl sites for hydroxylation is 1. The molecule has 3 N–H and O–H groups in total. The highest BCUT2D eigenvalue weighted by molar-refractivity contribution is 6.01. The van der Waals surface area contributed by atoms with Crippen molar-refractivity contribution < 1.29 is 15.0 Å². The van der Waals surface area contributed by atoms with E-state index in [9.17, 15) is 15.0 Å². The van der Waals surface area contributed by atoms with E-state index in [2.05, 4.69) is 10.5 Å². The number of nitrogens with one attached hydrogen (secondary N) is 1. The van der Waals surface area contributed by atoms with Gasteiger partial charge < -0.3 is 10.2 Å². The van der Waals surface area contributed by atoms with Crippen LogP contribution in [0.15, 0.2) is 59.7 Å². The fourth-order valence-corrected chi connectivity index (χ4v) is 2.41. The quantitative estimate of drug-likeness (QED) is 0.511. The van der Waals surface area contributed by atoms with Gasteiger partial charge in [-0.05, 0) is 42.0 Å². The van der Waals surface area contributed by atoms with E-state index < -0.39 is 5.91 Å². The van der Waals surface area contributed by atoms with Gasteiger partial charge in [-0.3, -0.25) is 4.79 Å². The van der Waals surface area contributed by atoms with Crippen LogP contribution in [0.4, 0.5) is 0 Å². The predicted molar refractivity (Wildman–Crippen MR) is 93.5 cm³/mol. The second-order valence-electron chi connectivity index (χ2n) is 5.48. The molecule has 3 aromatic rings. The first-order valence-electron chi connectivity index (χ1n) is 7.39. The van der Waals surface area contributed by atoms with E-state index in [0.29, 0.717) is 5.56 Å². The van der Waals surface area contributed by atoms with Crippen molar-refractivity contribution in [2.24, 2.45) is 5.10 Å². The number of benzene rings is 3. The molecule has 0 bridgehead atoms. The van der Waals surface area contributed by atoms with Crippen LogP contribution in [0.1, 0.15) is 21.5 Å². The number of phenols is 2. The van der Waals surface area contributed by atoms with Crippen molar-refractivity contribution in [2.75, 3.05) is 0 Å². The third-order valence-corrected chi connectivity index (χ3v) is 3.66. The summed E-state index contributed by atoms with van der Waals surface area (Å²) >= 11 is 0. The van der Waals surface area contributed by atoms with E-state index in [0.717, 1.165) is 16.3 Å². The lowest BCUT2D eigenvalue weighted by molar-refractivity contribution is 0.0952. The van der Waals surface area contributed by atoms with E-state index >= 15 is 0 Å². The van der Waals surface area contributed by atoms with Gasteiger partial charge in [0.1, 0.15) is 11.5 Å². The monoisotopic (exact) mass is 320 g/mol. The molecule has 120 valence electrons. The predicted octanol–water partition coefficient (Wildman–Crippen LogP) is 3.32. The molecule has 0 aliphatic rings. The molecule has 0 radical (unpaired) electrons. The summed E-state index contributed by atoms with van der Waals surface area (Å²) in [6.45, 7) is 1.89. The van der Waals surface area contributed by atoms with Crippen LogP contribution in [0.5, 0.6) is 11.5 Å². The lowest BCUT2D eigenvalue weighted by Crippen LogP contribution is -2.17. The summed E-state index contributed by atoms with van der Waals surface area (Å²) in [6, 6.07) is 15.7. The minimum atomic E-state index is -0.526. The van der Waals surface area contributed by atoms with Crippen molar-refractivity contribution in [3.05, 3.63) is 71.3 Å². The Kier molecular flexibility index (Phi) is 4.16. The van der Waals surface area contributed by atoms with E-state index in [1.807, 2.05) is 31.2 Å². The van der Waals surface area contributed by atoms with E-state index in [1.54, 1.807) is 30.3 Å². The Bertz CT molecular complexity index is 948. The smallest absolute Gasteiger partial charge is 0.275 e. The van der Waals surface area contributed by atoms with Gasteiger partial charge in [-0.2, -0.15) is 5.10 Å². The topological polar surface area (TPSA) is 81.9 Å². The first-order valence-corrected chi connectivity index (χ1v) is 7.39. The molecule has 3 rings (SSSR count). The Morgan fingerprint density at radius 3 is 2.46 bits per heavy atom. The number of amides is 1. The fraction of sp³-hybridized carbons (Fsp3) is 0.0526. The molecule has 0 saturated carbocycles. The summed E-state index contributed by atoms with van der Waals surface area (Å²) in [4.78, 5) is 12.2. The molecule has 0 spiro atoms. The average molecular weight is 320 g/mol. The molecule has 1 amide bonds. The summed E-state index contributed by atoms with van der Waals surface area (Å²) in [5.74, 6) is -0.561. The second-order valence-corrected chi connectivity index (χ2v) is 5.48. The van der Waals surface area contributed by atoms with Crippen LogP contribution in [-0.4, -0.2) is 22.3 Å². The summed E-state index contributed by atoms with van der Waals surface area (Å²) < 4.78 is 0. The Hall–Kier alpha value is -3.34. The largest absolute Gasteiger partial charge is 0.507 e. The van der Waals surface area contributed by atoms with E-state index in [-0.39, 0.29) is 17.1 Å². The molecule has 0 heterocycles. The highest BCUT2D eigenvalue weighted by Gasteiger charge is 2.11. The van der Waals surface area contributed by atoms with Crippen LogP contribution < -0.4 is 5.43 Å². The number of hydrogen-bond acceptors (Lipinski definition) is 4. The number of fused-ring (bicyclic) bond motifs is 1. The van der Waals surface area contributed by atoms with Crippen molar-refractivity contribution in [3.8, 4) is 11.5 Å². The molecule has 5 nitrogen and oxygen atoms in total. The summed E-state index contributed by atoms with van der Waals surface area (Å²) in [5, 5.41) is 25.3. The highest BCUT2D eigenvalue weighted by atomic mass is 16.3. The maximum Gasteiger partial charge on any atom is 0.275 e. The minimum Gasteiger partial charge on any atom is -0.507 e. The Morgan fingerprint density at radius 1 is 1.00 bits per heavy atom. The number of aromatic hydroxyl groups is 2. The highest BCUT2D eigenvalue weighted by Crippen LogP contribution is 2.24. The summed E-state index contributed by atoms with van der Waals surface area (Å²) in [5.41, 5.74) is 3.96. The first-order chi connectivity index (χ1) is 11.5. The lowest BCUT2D eigenvalue weighted by atomic mass is 10.1. The van der Waals surface area contributed by atoms with Gasteiger partial charge in [0.15, 0.2) is 0 Å². The molecule has 0 saturated heterocycles. The second kappa shape index (κ2) is 6.42. The van der Waals surface area contributed by atoms with Crippen LogP contribution in [-0.2, 0) is 0 Å². The molecule has 24 heavy (non-hydrogen) atoms. The molecule has 5 heteroatoms. The normalized spacial score (nSPS) is 11.0. The molecular weight excluding hydrogens is 304 g/mol. The SMILES string of the molecule is Cc1ccc(O)c(/C=N/NC(=O)c2cc3ccccc3cc2O)c1. The van der Waals surface area contributed by atoms with Gasteiger partial charge in [0.2, 0.25) is 0 Å². The molecule has 0 fully saturated rings. The van der Waals surface area contributed by atoms with Gasteiger partial charge in [-0.25, -0.2) is 5.43 Å². The van der Waals surface area contributed by atoms with Crippen molar-refractivity contribution in [1.29, 1.82) is 0 Å². The zero-order valence-electron chi connectivity index (χ0n) is 13.0. The maximum atomic E-state index is 12.2. The Morgan fingerprint density at radius 2 is 1.71 bits per heavy atom. The van der Waals surface area contributed by atoms with Gasteiger partial charge in [-0.1, -0.05) is 35.9 Å². The molecule has 0 unspecified atom stereocenters. The molecule has 0 aliphatic carbocycles. The van der Waals surface area contributed by atoms with Crippen molar-refractivity contribution in [3.63, 3.8) is 0 Å². The maximum absolute atomic E-state index is 12.2. The van der Waals surface area contributed by atoms with Crippen molar-refractivity contribution in [2.45, 2.75) is 6.92 Å². The third-order valence-electron chi connectivity index (χ3n) is 3.66. The molecule has 0 atom stereocenters. The number of hydrogen-bond donors (Lipinski definition) is 3. The third kappa shape index (κ3) is 3.20. The lowest BCUT2D eigenvalue weighted by Gasteiger charge is -2.06. The van der Waals surface area contributed by atoms with Crippen molar-refractivity contribution in [1.82, 2.24) is 5.43 Å². The number of rotatable bonds is 3. The van der Waals surface area contributed by atoms with Gasteiger partial charge in [0.25, 0.3) is 5.91 Å². The van der Waals surface area contributed by atoms with Crippen LogP contribution in [0.25, 0.3) is 10.8 Å². The summed E-state index contributed by atoms with van der Waals surface area (Å²) in [7, 11) is 0. The molecule has 0 aliphatic heterocycles.